The number of nitrogens with zero attached hydrogens (tertiary/aromatic N) is 2. The van der Waals surface area contributed by atoms with Gasteiger partial charge in [-0.15, -0.1) is 11.8 Å². The lowest BCUT2D eigenvalue weighted by Crippen LogP contribution is -2.20. The molecule has 0 aliphatic carbocycles. The Balaban J connectivity index is 1.43. The van der Waals surface area contributed by atoms with Crippen LogP contribution in [0.3, 0.4) is 0 Å². The lowest BCUT2D eigenvalue weighted by molar-refractivity contribution is 0.327. The van der Waals surface area contributed by atoms with E-state index in [1.165, 1.54) is 84.4 Å². The fraction of sp³-hybridized carbons (Fsp3) is 0.462. The Kier molecular flexibility index (Phi) is 6.05. The van der Waals surface area contributed by atoms with E-state index in [2.05, 4.69) is 51.9 Å². The molecule has 0 saturated carbocycles. The molecule has 0 radical (unpaired) electrons. The van der Waals surface area contributed by atoms with Crippen LogP contribution in [0.1, 0.15) is 37.7 Å². The van der Waals surface area contributed by atoms with Crippen LogP contribution in [0.25, 0.3) is 22.2 Å². The van der Waals surface area contributed by atoms with Gasteiger partial charge in [-0.3, -0.25) is 0 Å². The number of aromatic nitrogens is 1. The molecule has 158 valence electrons. The fourth-order valence-electron chi connectivity index (χ4n) is 5.16. The zero-order valence-corrected chi connectivity index (χ0v) is 18.8. The van der Waals surface area contributed by atoms with E-state index >= 15 is 0 Å². The maximum absolute atomic E-state index is 5.51. The number of aryl methyl sites for hydroxylation is 2. The lowest BCUT2D eigenvalue weighted by Gasteiger charge is -2.16. The summed E-state index contributed by atoms with van der Waals surface area (Å²) >= 11 is 1.96. The van der Waals surface area contributed by atoms with Crippen LogP contribution in [0, 0.1) is 0 Å². The van der Waals surface area contributed by atoms with E-state index in [4.69, 9.17) is 4.74 Å². The smallest absolute Gasteiger partial charge is 0.120 e. The molecule has 0 bridgehead atoms. The predicted molar refractivity (Wildman–Crippen MR) is 128 cm³/mol. The van der Waals surface area contributed by atoms with Crippen molar-refractivity contribution in [1.82, 2.24) is 9.47 Å². The first-order valence-electron chi connectivity index (χ1n) is 11.5. The summed E-state index contributed by atoms with van der Waals surface area (Å²) in [5.41, 5.74) is 5.75. The average Bonchev–Trinajstić information content (AvgIpc) is 3.35. The molecular formula is C26H32N2OS. The van der Waals surface area contributed by atoms with Gasteiger partial charge >= 0.3 is 0 Å². The van der Waals surface area contributed by atoms with Crippen molar-refractivity contribution in [2.24, 2.45) is 0 Å². The van der Waals surface area contributed by atoms with E-state index in [-0.39, 0.29) is 0 Å². The van der Waals surface area contributed by atoms with Crippen LogP contribution in [0.5, 0.6) is 5.75 Å². The third kappa shape index (κ3) is 3.88. The number of benzene rings is 2. The van der Waals surface area contributed by atoms with Crippen LogP contribution in [-0.4, -0.2) is 42.0 Å². The molecule has 3 heterocycles. The van der Waals surface area contributed by atoms with Crippen molar-refractivity contribution in [3.8, 4) is 17.0 Å². The molecule has 2 aliphatic rings. The van der Waals surface area contributed by atoms with Crippen molar-refractivity contribution in [1.29, 1.82) is 0 Å². The van der Waals surface area contributed by atoms with Gasteiger partial charge in [-0.1, -0.05) is 24.6 Å². The summed E-state index contributed by atoms with van der Waals surface area (Å²) in [4.78, 5) is 3.99. The summed E-state index contributed by atoms with van der Waals surface area (Å²) in [5.74, 6) is 2.08. The van der Waals surface area contributed by atoms with Gasteiger partial charge in [0.1, 0.15) is 5.75 Å². The molecule has 30 heavy (non-hydrogen) atoms. The Bertz CT molecular complexity index is 1020. The zero-order chi connectivity index (χ0) is 20.3. The topological polar surface area (TPSA) is 17.4 Å². The number of fused-ring (bicyclic) bond motifs is 5. The highest BCUT2D eigenvalue weighted by atomic mass is 32.2. The van der Waals surface area contributed by atoms with E-state index in [1.807, 2.05) is 11.8 Å². The molecule has 3 aromatic rings. The lowest BCUT2D eigenvalue weighted by atomic mass is 10.0. The van der Waals surface area contributed by atoms with E-state index in [0.717, 1.165) is 24.5 Å². The van der Waals surface area contributed by atoms with Crippen LogP contribution in [0.15, 0.2) is 47.4 Å². The summed E-state index contributed by atoms with van der Waals surface area (Å²) < 4.78 is 8.12. The van der Waals surface area contributed by atoms with Crippen molar-refractivity contribution >= 4 is 22.7 Å². The number of hydrogen-bond donors (Lipinski definition) is 0. The second-order valence-corrected chi connectivity index (χ2v) is 9.70. The van der Waals surface area contributed by atoms with Gasteiger partial charge in [-0.2, -0.15) is 0 Å². The molecule has 4 heteroatoms. The molecule has 0 atom stereocenters. The maximum atomic E-state index is 5.51. The molecule has 1 saturated heterocycles. The van der Waals surface area contributed by atoms with Gasteiger partial charge in [0.05, 0.1) is 12.8 Å². The van der Waals surface area contributed by atoms with Crippen molar-refractivity contribution in [2.75, 3.05) is 32.5 Å². The Hall–Kier alpha value is -1.91. The molecule has 5 rings (SSSR count). The molecule has 2 aromatic carbocycles. The van der Waals surface area contributed by atoms with Gasteiger partial charge in [0, 0.05) is 33.7 Å². The Labute approximate surface area is 184 Å². The van der Waals surface area contributed by atoms with E-state index < -0.39 is 0 Å². The number of hydrogen-bond acceptors (Lipinski definition) is 3. The van der Waals surface area contributed by atoms with Crippen LogP contribution < -0.4 is 4.74 Å². The normalized spacial score (nSPS) is 16.4. The van der Waals surface area contributed by atoms with Crippen molar-refractivity contribution in [2.45, 2.75) is 50.0 Å². The van der Waals surface area contributed by atoms with E-state index in [1.54, 1.807) is 7.11 Å². The standard InChI is InChI=1S/C26H32N2OS/c1-29-20-11-12-23-25(19-20)30-18-13-22-21-9-3-4-10-24(21)28(26(22)23)17-6-2-5-14-27-15-7-8-16-27/h3-4,9-12,19H,2,5-8,13-18H2,1H3. The van der Waals surface area contributed by atoms with Gasteiger partial charge in [-0.25, -0.2) is 0 Å². The largest absolute Gasteiger partial charge is 0.497 e. The predicted octanol–water partition coefficient (Wildman–Crippen LogP) is 6.23. The van der Waals surface area contributed by atoms with Crippen molar-refractivity contribution < 1.29 is 4.74 Å². The van der Waals surface area contributed by atoms with Gasteiger partial charge < -0.3 is 14.2 Å². The minimum atomic E-state index is 0.953. The number of thioether (sulfide) groups is 1. The zero-order valence-electron chi connectivity index (χ0n) is 18.0. The molecule has 2 aliphatic heterocycles. The Morgan fingerprint density at radius 3 is 2.67 bits per heavy atom. The first kappa shape index (κ1) is 20.0. The van der Waals surface area contributed by atoms with Crippen LogP contribution in [0.4, 0.5) is 0 Å². The average molecular weight is 421 g/mol. The maximum Gasteiger partial charge on any atom is 0.120 e. The van der Waals surface area contributed by atoms with Gasteiger partial charge in [0.25, 0.3) is 0 Å². The summed E-state index contributed by atoms with van der Waals surface area (Å²) in [6.07, 6.45) is 7.79. The summed E-state index contributed by atoms with van der Waals surface area (Å²) in [7, 11) is 1.76. The number of para-hydroxylation sites is 1. The van der Waals surface area contributed by atoms with Crippen molar-refractivity contribution in [3.05, 3.63) is 48.0 Å². The number of methoxy groups -OCH3 is 1. The highest BCUT2D eigenvalue weighted by Gasteiger charge is 2.23. The first-order chi connectivity index (χ1) is 14.8. The molecule has 0 N–H and O–H groups in total. The van der Waals surface area contributed by atoms with E-state index in [0.29, 0.717) is 0 Å². The fourth-order valence-corrected chi connectivity index (χ4v) is 6.21. The molecule has 1 aromatic heterocycles. The number of ether oxygens (including phenoxy) is 1. The summed E-state index contributed by atoms with van der Waals surface area (Å²) in [5, 5.41) is 1.44. The second kappa shape index (κ2) is 9.07. The van der Waals surface area contributed by atoms with Gasteiger partial charge in [-0.05, 0) is 81.6 Å². The van der Waals surface area contributed by atoms with Crippen LogP contribution >= 0.6 is 11.8 Å². The second-order valence-electron chi connectivity index (χ2n) is 8.57. The SMILES string of the molecule is COc1ccc2c(c1)SCCc1c-2n(CCCCCN2CCCC2)c2ccccc12. The third-order valence-corrected chi connectivity index (χ3v) is 7.74. The molecule has 3 nitrogen and oxygen atoms in total. The molecule has 1 fully saturated rings. The monoisotopic (exact) mass is 420 g/mol. The minimum Gasteiger partial charge on any atom is -0.497 e. The molecule has 0 unspecified atom stereocenters. The highest BCUT2D eigenvalue weighted by molar-refractivity contribution is 7.99. The van der Waals surface area contributed by atoms with Crippen LogP contribution in [-0.2, 0) is 13.0 Å². The van der Waals surface area contributed by atoms with Gasteiger partial charge in [0.15, 0.2) is 0 Å². The number of likely N-dealkylation sites (tertiary alicyclic amines) is 1. The third-order valence-electron chi connectivity index (χ3n) is 6.68. The first-order valence-corrected chi connectivity index (χ1v) is 12.5. The van der Waals surface area contributed by atoms with E-state index in [9.17, 15) is 0 Å². The van der Waals surface area contributed by atoms with Crippen molar-refractivity contribution in [3.63, 3.8) is 0 Å². The molecule has 0 amide bonds. The highest BCUT2D eigenvalue weighted by Crippen LogP contribution is 2.43. The Morgan fingerprint density at radius 2 is 1.80 bits per heavy atom. The minimum absolute atomic E-state index is 0.953. The number of unbranched alkanes of at least 4 members (excludes halogenated alkanes) is 2. The van der Waals surface area contributed by atoms with Gasteiger partial charge in [0.2, 0.25) is 0 Å². The summed E-state index contributed by atoms with van der Waals surface area (Å²) in [6, 6.07) is 15.6. The quantitative estimate of drug-likeness (QED) is 0.422. The van der Waals surface area contributed by atoms with Crippen LogP contribution in [0.2, 0.25) is 0 Å². The number of rotatable bonds is 7. The molecular weight excluding hydrogens is 388 g/mol. The molecule has 0 spiro atoms. The summed E-state index contributed by atoms with van der Waals surface area (Å²) in [6.45, 7) is 5.01. The Morgan fingerprint density at radius 1 is 0.967 bits per heavy atom.